The third kappa shape index (κ3) is 4.75. The van der Waals surface area contributed by atoms with Gasteiger partial charge in [-0.15, -0.1) is 0 Å². The van der Waals surface area contributed by atoms with Gasteiger partial charge in [-0.05, 0) is 36.8 Å². The molecule has 30 heavy (non-hydrogen) atoms. The Kier molecular flexibility index (Phi) is 6.01. The van der Waals surface area contributed by atoms with E-state index in [1.807, 2.05) is 31.2 Å². The zero-order valence-electron chi connectivity index (χ0n) is 16.7. The Bertz CT molecular complexity index is 1160. The van der Waals surface area contributed by atoms with Crippen LogP contribution in [0.25, 0.3) is 0 Å². The Morgan fingerprint density at radius 2 is 1.73 bits per heavy atom. The lowest BCUT2D eigenvalue weighted by atomic mass is 10.1. The number of nitrogen functional groups attached to an aromatic ring is 1. The molecule has 0 radical (unpaired) electrons. The smallest absolute Gasteiger partial charge is 0.354 e. The summed E-state index contributed by atoms with van der Waals surface area (Å²) >= 11 is 0. The minimum atomic E-state index is -1.10. The van der Waals surface area contributed by atoms with Gasteiger partial charge >= 0.3 is 17.3 Å². The van der Waals surface area contributed by atoms with Crippen molar-refractivity contribution < 1.29 is 9.90 Å². The molecule has 3 aromatic rings. The van der Waals surface area contributed by atoms with Crippen molar-refractivity contribution in [1.29, 1.82) is 0 Å². The largest absolute Gasteiger partial charge is 0.481 e. The first-order valence-electron chi connectivity index (χ1n) is 9.37. The highest BCUT2D eigenvalue weighted by Gasteiger charge is 2.19. The van der Waals surface area contributed by atoms with E-state index in [4.69, 9.17) is 10.8 Å². The molecule has 0 aliphatic carbocycles. The minimum Gasteiger partial charge on any atom is -0.481 e. The molecule has 2 aromatic carbocycles. The van der Waals surface area contributed by atoms with E-state index in [1.54, 1.807) is 24.3 Å². The van der Waals surface area contributed by atoms with Crippen LogP contribution in [0.15, 0.2) is 58.1 Å². The van der Waals surface area contributed by atoms with Gasteiger partial charge in [0, 0.05) is 17.9 Å². The number of anilines is 3. The lowest BCUT2D eigenvalue weighted by molar-refractivity contribution is -0.141. The Labute approximate surface area is 172 Å². The third-order valence-corrected chi connectivity index (χ3v) is 4.66. The second-order valence-electron chi connectivity index (χ2n) is 7.17. The molecule has 9 nitrogen and oxygen atoms in total. The molecule has 0 spiro atoms. The molecule has 0 saturated heterocycles. The molecule has 0 aliphatic rings. The van der Waals surface area contributed by atoms with Crippen LogP contribution < -0.4 is 22.4 Å². The molecule has 1 aromatic heterocycles. The van der Waals surface area contributed by atoms with Crippen molar-refractivity contribution in [3.8, 4) is 0 Å². The van der Waals surface area contributed by atoms with Crippen molar-refractivity contribution in [1.82, 2.24) is 14.1 Å². The number of nitrogens with zero attached hydrogens (tertiary/aromatic N) is 3. The Hall–Kier alpha value is -3.88. The molecule has 0 bridgehead atoms. The Morgan fingerprint density at radius 1 is 1.10 bits per heavy atom. The van der Waals surface area contributed by atoms with E-state index in [0.29, 0.717) is 11.4 Å². The summed E-state index contributed by atoms with van der Waals surface area (Å²) in [7, 11) is 0. The van der Waals surface area contributed by atoms with Crippen LogP contribution in [0.1, 0.15) is 18.1 Å². The predicted molar refractivity (Wildman–Crippen MR) is 114 cm³/mol. The summed E-state index contributed by atoms with van der Waals surface area (Å²) in [6, 6.07) is 14.4. The second kappa shape index (κ2) is 8.64. The van der Waals surface area contributed by atoms with Gasteiger partial charge < -0.3 is 16.2 Å². The molecule has 9 heteroatoms. The lowest BCUT2D eigenvalue weighted by Crippen LogP contribution is -2.44. The van der Waals surface area contributed by atoms with Crippen molar-refractivity contribution in [2.24, 2.45) is 5.92 Å². The fourth-order valence-electron chi connectivity index (χ4n) is 2.85. The van der Waals surface area contributed by atoms with E-state index >= 15 is 0 Å². The molecule has 3 rings (SSSR count). The zero-order valence-corrected chi connectivity index (χ0v) is 16.7. The van der Waals surface area contributed by atoms with Crippen LogP contribution in [0, 0.1) is 12.8 Å². The number of nitrogens with one attached hydrogen (secondary N) is 1. The number of carboxylic acids is 1. The van der Waals surface area contributed by atoms with Crippen molar-refractivity contribution in [2.45, 2.75) is 26.9 Å². The molecule has 0 unspecified atom stereocenters. The topological polar surface area (TPSA) is 132 Å². The van der Waals surface area contributed by atoms with Crippen LogP contribution in [-0.4, -0.2) is 25.2 Å². The van der Waals surface area contributed by atoms with E-state index in [0.717, 1.165) is 15.7 Å². The van der Waals surface area contributed by atoms with Crippen LogP contribution in [0.2, 0.25) is 0 Å². The minimum absolute atomic E-state index is 0.0644. The number of aromatic nitrogens is 3. The first-order valence-corrected chi connectivity index (χ1v) is 9.37. The van der Waals surface area contributed by atoms with Gasteiger partial charge in [-0.3, -0.25) is 9.36 Å². The Balaban J connectivity index is 2.08. The van der Waals surface area contributed by atoms with Gasteiger partial charge in [0.25, 0.3) is 0 Å². The van der Waals surface area contributed by atoms with E-state index in [1.165, 1.54) is 11.5 Å². The lowest BCUT2D eigenvalue weighted by Gasteiger charge is -2.16. The molecular formula is C21H23N5O4. The van der Waals surface area contributed by atoms with Crippen LogP contribution in [-0.2, 0) is 17.9 Å². The third-order valence-electron chi connectivity index (χ3n) is 4.66. The number of aliphatic carboxylic acids is 1. The van der Waals surface area contributed by atoms with Gasteiger partial charge in [-0.2, -0.15) is 4.98 Å². The van der Waals surface area contributed by atoms with E-state index in [9.17, 15) is 14.4 Å². The molecule has 1 heterocycles. The number of aryl methyl sites for hydroxylation is 1. The van der Waals surface area contributed by atoms with E-state index < -0.39 is 23.3 Å². The van der Waals surface area contributed by atoms with E-state index in [2.05, 4.69) is 10.3 Å². The molecule has 0 amide bonds. The average molecular weight is 409 g/mol. The van der Waals surface area contributed by atoms with Crippen molar-refractivity contribution in [3.05, 3.63) is 80.6 Å². The number of carbonyl (C=O) groups is 1. The summed E-state index contributed by atoms with van der Waals surface area (Å²) in [4.78, 5) is 40.8. The zero-order chi connectivity index (χ0) is 21.8. The number of carboxylic acid groups (broad SMARTS) is 1. The van der Waals surface area contributed by atoms with Gasteiger partial charge in [0.15, 0.2) is 0 Å². The van der Waals surface area contributed by atoms with Gasteiger partial charge in [0.2, 0.25) is 5.95 Å². The first kappa shape index (κ1) is 20.8. The number of nitrogens with two attached hydrogens (primary N) is 1. The van der Waals surface area contributed by atoms with Crippen molar-refractivity contribution >= 4 is 23.3 Å². The molecular weight excluding hydrogens is 386 g/mol. The number of rotatable bonds is 7. The molecule has 4 N–H and O–H groups in total. The van der Waals surface area contributed by atoms with Crippen molar-refractivity contribution in [2.75, 3.05) is 11.1 Å². The summed E-state index contributed by atoms with van der Waals surface area (Å²) in [6.07, 6.45) is 0. The fourth-order valence-corrected chi connectivity index (χ4v) is 2.85. The maximum atomic E-state index is 13.1. The number of hydrogen-bond acceptors (Lipinski definition) is 6. The van der Waals surface area contributed by atoms with Crippen molar-refractivity contribution in [3.63, 3.8) is 0 Å². The molecule has 0 saturated carbocycles. The summed E-state index contributed by atoms with van der Waals surface area (Å²) in [5, 5.41) is 12.1. The number of benzene rings is 2. The summed E-state index contributed by atoms with van der Waals surface area (Å²) < 4.78 is 2.16. The summed E-state index contributed by atoms with van der Waals surface area (Å²) in [5.74, 6) is -1.95. The molecule has 1 atom stereocenters. The monoisotopic (exact) mass is 409 g/mol. The number of hydrogen-bond donors (Lipinski definition) is 3. The van der Waals surface area contributed by atoms with Crippen LogP contribution >= 0.6 is 0 Å². The standard InChI is InChI=1S/C21H23N5O4/c1-13-3-5-15(6-4-13)12-25-19(23-17-9-7-16(22)8-10-17)24-20(29)26(21(25)30)11-14(2)18(27)28/h3-10,14H,11-12,22H2,1-2H3,(H,27,28)(H,23,24,29)/t14-/m0/s1. The highest BCUT2D eigenvalue weighted by molar-refractivity contribution is 5.69. The highest BCUT2D eigenvalue weighted by atomic mass is 16.4. The van der Waals surface area contributed by atoms with Crippen LogP contribution in [0.3, 0.4) is 0 Å². The van der Waals surface area contributed by atoms with Gasteiger partial charge in [0.05, 0.1) is 12.5 Å². The van der Waals surface area contributed by atoms with Gasteiger partial charge in [0.1, 0.15) is 0 Å². The van der Waals surface area contributed by atoms with Gasteiger partial charge in [-0.25, -0.2) is 14.2 Å². The quantitative estimate of drug-likeness (QED) is 0.507. The maximum absolute atomic E-state index is 13.1. The molecule has 0 aliphatic heterocycles. The maximum Gasteiger partial charge on any atom is 0.354 e. The van der Waals surface area contributed by atoms with E-state index in [-0.39, 0.29) is 19.0 Å². The normalized spacial score (nSPS) is 11.8. The average Bonchev–Trinajstić information content (AvgIpc) is 2.71. The summed E-state index contributed by atoms with van der Waals surface area (Å²) in [5.41, 5.74) is 7.33. The second-order valence-corrected chi connectivity index (χ2v) is 7.17. The first-order chi connectivity index (χ1) is 14.2. The van der Waals surface area contributed by atoms with Gasteiger partial charge in [-0.1, -0.05) is 36.8 Å². The summed E-state index contributed by atoms with van der Waals surface area (Å²) in [6.45, 7) is 3.28. The highest BCUT2D eigenvalue weighted by Crippen LogP contribution is 2.16. The van der Waals surface area contributed by atoms with Crippen LogP contribution in [0.4, 0.5) is 17.3 Å². The molecule has 0 fully saturated rings. The fraction of sp³-hybridized carbons (Fsp3) is 0.238. The Morgan fingerprint density at radius 3 is 2.33 bits per heavy atom. The predicted octanol–water partition coefficient (Wildman–Crippen LogP) is 1.81. The van der Waals surface area contributed by atoms with Crippen LogP contribution in [0.5, 0.6) is 0 Å². The molecule has 156 valence electrons. The SMILES string of the molecule is Cc1ccc(Cn2c(Nc3ccc(N)cc3)nc(=O)n(C[C@H](C)C(=O)O)c2=O)cc1.